The van der Waals surface area contributed by atoms with Gasteiger partial charge in [-0.15, -0.1) is 11.3 Å². The molecule has 158 valence electrons. The number of nitrogens with two attached hydrogens (primary N) is 2. The largest absolute Gasteiger partial charge is 0.330 e. The van der Waals surface area contributed by atoms with Gasteiger partial charge in [-0.3, -0.25) is 14.9 Å². The van der Waals surface area contributed by atoms with Gasteiger partial charge in [0.15, 0.2) is 5.13 Å². The number of unbranched alkanes of at least 4 members (excludes halogenated alkanes) is 1. The number of hydrogen-bond acceptors (Lipinski definition) is 6. The molecule has 0 aliphatic heterocycles. The summed E-state index contributed by atoms with van der Waals surface area (Å²) in [6.07, 6.45) is 2.15. The molecule has 0 spiro atoms. The quantitative estimate of drug-likeness (QED) is 0.468. The molecule has 2 amide bonds. The van der Waals surface area contributed by atoms with E-state index in [9.17, 15) is 9.59 Å². The minimum Gasteiger partial charge on any atom is -0.330 e. The molecule has 9 heteroatoms. The Bertz CT molecular complexity index is 863. The molecule has 1 aromatic heterocycles. The third-order valence-corrected chi connectivity index (χ3v) is 5.36. The van der Waals surface area contributed by atoms with Gasteiger partial charge in [-0.2, -0.15) is 0 Å². The number of aromatic nitrogens is 1. The fourth-order valence-corrected chi connectivity index (χ4v) is 3.63. The van der Waals surface area contributed by atoms with Gasteiger partial charge in [-0.1, -0.05) is 38.8 Å². The van der Waals surface area contributed by atoms with E-state index < -0.39 is 11.9 Å². The van der Waals surface area contributed by atoms with Crippen LogP contribution in [0, 0.1) is 0 Å². The van der Waals surface area contributed by atoms with Crippen LogP contribution in [0.25, 0.3) is 0 Å². The van der Waals surface area contributed by atoms with Crippen molar-refractivity contribution in [2.75, 3.05) is 17.2 Å². The van der Waals surface area contributed by atoms with Gasteiger partial charge in [0.1, 0.15) is 0 Å². The minimum absolute atomic E-state index is 0.107. The molecule has 2 rings (SSSR count). The molecule has 0 radical (unpaired) electrons. The Morgan fingerprint density at radius 3 is 2.59 bits per heavy atom. The standard InChI is InChI=1S/C20H28ClN5O2S/c1-20(2,3)16-11-29-19(25-16)26-17(27)13-10-12(7-8-14(13)21)24-18(28)15(23)6-4-5-9-22/h7-8,10-11,15H,4-6,9,22-23H2,1-3H3,(H,24,28)(H,25,26,27)/t15-/m0/s1. The Hall–Kier alpha value is -2.00. The zero-order valence-corrected chi connectivity index (χ0v) is 18.5. The van der Waals surface area contributed by atoms with Crippen LogP contribution in [-0.4, -0.2) is 29.4 Å². The SMILES string of the molecule is CC(C)(C)c1csc(NC(=O)c2cc(NC(=O)[C@@H](N)CCCCN)ccc2Cl)n1. The van der Waals surface area contributed by atoms with Crippen molar-refractivity contribution in [1.82, 2.24) is 4.98 Å². The molecule has 29 heavy (non-hydrogen) atoms. The number of halogens is 1. The predicted molar refractivity (Wildman–Crippen MR) is 120 cm³/mol. The van der Waals surface area contributed by atoms with Crippen molar-refractivity contribution in [3.63, 3.8) is 0 Å². The Kier molecular flexibility index (Phi) is 8.15. The first-order valence-corrected chi connectivity index (χ1v) is 10.7. The van der Waals surface area contributed by atoms with Crippen LogP contribution in [0.15, 0.2) is 23.6 Å². The number of benzene rings is 1. The highest BCUT2D eigenvalue weighted by Crippen LogP contribution is 2.27. The third kappa shape index (κ3) is 6.78. The molecule has 0 saturated carbocycles. The summed E-state index contributed by atoms with van der Waals surface area (Å²) in [6, 6.07) is 4.08. The van der Waals surface area contributed by atoms with Crippen LogP contribution in [0.5, 0.6) is 0 Å². The number of nitrogens with one attached hydrogen (secondary N) is 2. The molecule has 1 aromatic carbocycles. The van der Waals surface area contributed by atoms with Crippen molar-refractivity contribution < 1.29 is 9.59 Å². The number of anilines is 2. The van der Waals surface area contributed by atoms with Crippen molar-refractivity contribution in [1.29, 1.82) is 0 Å². The summed E-state index contributed by atoms with van der Waals surface area (Å²) >= 11 is 7.54. The first-order chi connectivity index (χ1) is 13.6. The predicted octanol–water partition coefficient (Wildman–Crippen LogP) is 3.74. The molecule has 0 aliphatic carbocycles. The van der Waals surface area contributed by atoms with E-state index in [-0.39, 0.29) is 21.9 Å². The van der Waals surface area contributed by atoms with Crippen LogP contribution in [0.1, 0.15) is 56.1 Å². The van der Waals surface area contributed by atoms with Crippen molar-refractivity contribution in [3.8, 4) is 0 Å². The molecular formula is C20H28ClN5O2S. The van der Waals surface area contributed by atoms with Crippen LogP contribution < -0.4 is 22.1 Å². The maximum absolute atomic E-state index is 12.7. The Balaban J connectivity index is 2.07. The molecule has 0 fully saturated rings. The molecule has 0 unspecified atom stereocenters. The highest BCUT2D eigenvalue weighted by Gasteiger charge is 2.20. The summed E-state index contributed by atoms with van der Waals surface area (Å²) in [5.41, 5.74) is 12.8. The summed E-state index contributed by atoms with van der Waals surface area (Å²) in [6.45, 7) is 6.73. The Morgan fingerprint density at radius 1 is 1.24 bits per heavy atom. The van der Waals surface area contributed by atoms with E-state index in [2.05, 4.69) is 36.4 Å². The number of rotatable bonds is 8. The molecule has 2 aromatic rings. The summed E-state index contributed by atoms with van der Waals surface area (Å²) in [4.78, 5) is 29.4. The van der Waals surface area contributed by atoms with E-state index in [1.54, 1.807) is 12.1 Å². The van der Waals surface area contributed by atoms with Gasteiger partial charge < -0.3 is 16.8 Å². The molecular weight excluding hydrogens is 410 g/mol. The van der Waals surface area contributed by atoms with Gasteiger partial charge in [0, 0.05) is 16.5 Å². The summed E-state index contributed by atoms with van der Waals surface area (Å²) in [5.74, 6) is -0.710. The molecule has 7 nitrogen and oxygen atoms in total. The number of nitrogens with zero attached hydrogens (tertiary/aromatic N) is 1. The molecule has 6 N–H and O–H groups in total. The Morgan fingerprint density at radius 2 is 1.97 bits per heavy atom. The van der Waals surface area contributed by atoms with Crippen molar-refractivity contribution in [2.24, 2.45) is 11.5 Å². The maximum Gasteiger partial charge on any atom is 0.259 e. The van der Waals surface area contributed by atoms with E-state index in [1.165, 1.54) is 17.4 Å². The van der Waals surface area contributed by atoms with E-state index in [1.807, 2.05) is 5.38 Å². The average molecular weight is 438 g/mol. The van der Waals surface area contributed by atoms with Gasteiger partial charge in [0.05, 0.1) is 22.3 Å². The molecule has 0 saturated heterocycles. The lowest BCUT2D eigenvalue weighted by molar-refractivity contribution is -0.117. The second kappa shape index (κ2) is 10.2. The van der Waals surface area contributed by atoms with Gasteiger partial charge in [-0.05, 0) is 37.6 Å². The van der Waals surface area contributed by atoms with Gasteiger partial charge in [-0.25, -0.2) is 4.98 Å². The Labute approximate surface area is 180 Å². The van der Waals surface area contributed by atoms with Crippen molar-refractivity contribution in [3.05, 3.63) is 39.9 Å². The van der Waals surface area contributed by atoms with E-state index >= 15 is 0 Å². The molecule has 1 atom stereocenters. The second-order valence-electron chi connectivity index (χ2n) is 7.82. The van der Waals surface area contributed by atoms with Crippen LogP contribution in [0.3, 0.4) is 0 Å². The number of thiazole rings is 1. The fourth-order valence-electron chi connectivity index (χ4n) is 2.49. The molecule has 0 aliphatic rings. The number of amides is 2. The summed E-state index contributed by atoms with van der Waals surface area (Å²) in [7, 11) is 0. The van der Waals surface area contributed by atoms with E-state index in [0.29, 0.717) is 23.8 Å². The van der Waals surface area contributed by atoms with Crippen molar-refractivity contribution >= 4 is 45.6 Å². The number of carbonyl (C=O) groups excluding carboxylic acids is 2. The van der Waals surface area contributed by atoms with Gasteiger partial charge in [0.2, 0.25) is 5.91 Å². The van der Waals surface area contributed by atoms with Crippen LogP contribution >= 0.6 is 22.9 Å². The zero-order valence-electron chi connectivity index (χ0n) is 16.9. The summed E-state index contributed by atoms with van der Waals surface area (Å²) < 4.78 is 0. The minimum atomic E-state index is -0.638. The highest BCUT2D eigenvalue weighted by atomic mass is 35.5. The monoisotopic (exact) mass is 437 g/mol. The lowest BCUT2D eigenvalue weighted by Crippen LogP contribution is -2.35. The van der Waals surface area contributed by atoms with Crippen LogP contribution in [-0.2, 0) is 10.2 Å². The van der Waals surface area contributed by atoms with E-state index in [0.717, 1.165) is 18.5 Å². The normalized spacial score (nSPS) is 12.5. The lowest BCUT2D eigenvalue weighted by atomic mass is 9.93. The van der Waals surface area contributed by atoms with Crippen LogP contribution in [0.4, 0.5) is 10.8 Å². The number of hydrogen-bond donors (Lipinski definition) is 4. The zero-order chi connectivity index (χ0) is 21.6. The average Bonchev–Trinajstić information content (AvgIpc) is 3.12. The van der Waals surface area contributed by atoms with Crippen molar-refractivity contribution in [2.45, 2.75) is 51.5 Å². The topological polar surface area (TPSA) is 123 Å². The van der Waals surface area contributed by atoms with E-state index in [4.69, 9.17) is 23.1 Å². The third-order valence-electron chi connectivity index (χ3n) is 4.28. The lowest BCUT2D eigenvalue weighted by Gasteiger charge is -2.14. The molecule has 1 heterocycles. The summed E-state index contributed by atoms with van der Waals surface area (Å²) in [5, 5.41) is 8.18. The van der Waals surface area contributed by atoms with Gasteiger partial charge in [0.25, 0.3) is 5.91 Å². The first kappa shape index (κ1) is 23.3. The van der Waals surface area contributed by atoms with Gasteiger partial charge >= 0.3 is 0 Å². The smallest absolute Gasteiger partial charge is 0.259 e. The first-order valence-electron chi connectivity index (χ1n) is 9.45. The maximum atomic E-state index is 12.7. The molecule has 0 bridgehead atoms. The highest BCUT2D eigenvalue weighted by molar-refractivity contribution is 7.14. The van der Waals surface area contributed by atoms with Crippen LogP contribution in [0.2, 0.25) is 5.02 Å². The fraction of sp³-hybridized carbons (Fsp3) is 0.450. The second-order valence-corrected chi connectivity index (χ2v) is 9.08. The number of carbonyl (C=O) groups is 2.